The summed E-state index contributed by atoms with van der Waals surface area (Å²) in [5.74, 6) is -0.231. The quantitative estimate of drug-likeness (QED) is 0.627. The third-order valence-electron chi connectivity index (χ3n) is 3.97. The maximum atomic E-state index is 12.0. The zero-order valence-corrected chi connectivity index (χ0v) is 13.3. The van der Waals surface area contributed by atoms with Crippen molar-refractivity contribution < 1.29 is 9.59 Å². The third-order valence-corrected chi connectivity index (χ3v) is 3.97. The van der Waals surface area contributed by atoms with Crippen molar-refractivity contribution in [1.29, 1.82) is 0 Å². The number of carbonyl (C=O) groups is 2. The van der Waals surface area contributed by atoms with Crippen LogP contribution < -0.4 is 5.32 Å². The molecule has 0 aliphatic carbocycles. The molecule has 1 fully saturated rings. The zero-order valence-electron chi connectivity index (χ0n) is 13.3. The molecule has 22 heavy (non-hydrogen) atoms. The number of likely N-dealkylation sites (N-methyl/N-ethyl adjacent to an activating group) is 1. The van der Waals surface area contributed by atoms with Crippen LogP contribution in [0.4, 0.5) is 0 Å². The van der Waals surface area contributed by atoms with Crippen LogP contribution in [0, 0.1) is 0 Å². The summed E-state index contributed by atoms with van der Waals surface area (Å²) >= 11 is 0. The zero-order chi connectivity index (χ0) is 15.8. The number of hydrogen-bond acceptors (Lipinski definition) is 3. The lowest BCUT2D eigenvalue weighted by molar-refractivity contribution is -0.137. The van der Waals surface area contributed by atoms with Gasteiger partial charge in [0.15, 0.2) is 0 Å². The van der Waals surface area contributed by atoms with Crippen molar-refractivity contribution in [2.45, 2.75) is 19.3 Å². The Labute approximate surface area is 132 Å². The van der Waals surface area contributed by atoms with Gasteiger partial charge in [-0.25, -0.2) is 0 Å². The van der Waals surface area contributed by atoms with Crippen LogP contribution in [-0.4, -0.2) is 61.4 Å². The van der Waals surface area contributed by atoms with Crippen LogP contribution in [0.25, 0.3) is 0 Å². The SMILES string of the molecule is CN1CCN(C(=O)CC(=O)NCCCc2ccccc2)CC1. The molecule has 0 unspecified atom stereocenters. The van der Waals surface area contributed by atoms with Crippen LogP contribution in [-0.2, 0) is 16.0 Å². The third kappa shape index (κ3) is 5.48. The summed E-state index contributed by atoms with van der Waals surface area (Å²) in [5.41, 5.74) is 1.27. The first-order valence-electron chi connectivity index (χ1n) is 7.92. The molecule has 0 atom stereocenters. The van der Waals surface area contributed by atoms with Crippen molar-refractivity contribution in [3.63, 3.8) is 0 Å². The van der Waals surface area contributed by atoms with Crippen LogP contribution in [0.1, 0.15) is 18.4 Å². The standard InChI is InChI=1S/C17H25N3O2/c1-19-10-12-20(13-11-19)17(22)14-16(21)18-9-5-8-15-6-3-2-4-7-15/h2-4,6-7H,5,8-14H2,1H3,(H,18,21). The molecule has 0 aromatic heterocycles. The molecule has 120 valence electrons. The van der Waals surface area contributed by atoms with Gasteiger partial charge in [0, 0.05) is 32.7 Å². The van der Waals surface area contributed by atoms with Crippen LogP contribution >= 0.6 is 0 Å². The molecule has 0 spiro atoms. The molecular formula is C17H25N3O2. The number of hydrogen-bond donors (Lipinski definition) is 1. The Morgan fingerprint density at radius 1 is 1.09 bits per heavy atom. The van der Waals surface area contributed by atoms with Crippen LogP contribution in [0.3, 0.4) is 0 Å². The summed E-state index contributed by atoms with van der Waals surface area (Å²) < 4.78 is 0. The average Bonchev–Trinajstić information content (AvgIpc) is 2.53. The highest BCUT2D eigenvalue weighted by molar-refractivity contribution is 5.96. The van der Waals surface area contributed by atoms with E-state index in [2.05, 4.69) is 22.3 Å². The number of aryl methyl sites for hydroxylation is 1. The number of nitrogens with zero attached hydrogens (tertiary/aromatic N) is 2. The van der Waals surface area contributed by atoms with Gasteiger partial charge in [0.25, 0.3) is 0 Å². The maximum absolute atomic E-state index is 12.0. The van der Waals surface area contributed by atoms with E-state index in [0.717, 1.165) is 39.0 Å². The second kappa shape index (κ2) is 8.54. The number of benzene rings is 1. The van der Waals surface area contributed by atoms with Gasteiger partial charge in [-0.1, -0.05) is 30.3 Å². The highest BCUT2D eigenvalue weighted by atomic mass is 16.2. The van der Waals surface area contributed by atoms with E-state index in [-0.39, 0.29) is 18.2 Å². The number of carbonyl (C=O) groups excluding carboxylic acids is 2. The molecular weight excluding hydrogens is 278 g/mol. The van der Waals surface area contributed by atoms with E-state index in [9.17, 15) is 9.59 Å². The van der Waals surface area contributed by atoms with Crippen LogP contribution in [0.5, 0.6) is 0 Å². The molecule has 0 radical (unpaired) electrons. The Balaban J connectivity index is 1.60. The van der Waals surface area contributed by atoms with Crippen molar-refractivity contribution in [2.75, 3.05) is 39.8 Å². The first-order valence-corrected chi connectivity index (χ1v) is 7.92. The largest absolute Gasteiger partial charge is 0.356 e. The summed E-state index contributed by atoms with van der Waals surface area (Å²) in [5, 5.41) is 2.83. The Morgan fingerprint density at radius 2 is 1.77 bits per heavy atom. The van der Waals surface area contributed by atoms with Gasteiger partial charge in [-0.2, -0.15) is 0 Å². The second-order valence-electron chi connectivity index (χ2n) is 5.80. The Hall–Kier alpha value is -1.88. The van der Waals surface area contributed by atoms with Crippen LogP contribution in [0.15, 0.2) is 30.3 Å². The van der Waals surface area contributed by atoms with E-state index in [0.29, 0.717) is 6.54 Å². The maximum Gasteiger partial charge on any atom is 0.232 e. The van der Waals surface area contributed by atoms with Gasteiger partial charge in [-0.05, 0) is 25.5 Å². The molecule has 1 aliphatic heterocycles. The van der Waals surface area contributed by atoms with Gasteiger partial charge in [-0.3, -0.25) is 9.59 Å². The summed E-state index contributed by atoms with van der Waals surface area (Å²) in [7, 11) is 2.04. The fraction of sp³-hybridized carbons (Fsp3) is 0.529. The number of rotatable bonds is 6. The molecule has 1 aromatic carbocycles. The minimum Gasteiger partial charge on any atom is -0.356 e. The molecule has 1 aromatic rings. The van der Waals surface area contributed by atoms with Gasteiger partial charge in [0.2, 0.25) is 11.8 Å². The summed E-state index contributed by atoms with van der Waals surface area (Å²) in [6.45, 7) is 3.81. The van der Waals surface area contributed by atoms with E-state index in [1.54, 1.807) is 4.90 Å². The highest BCUT2D eigenvalue weighted by Gasteiger charge is 2.20. The van der Waals surface area contributed by atoms with E-state index < -0.39 is 0 Å². The minimum absolute atomic E-state index is 0.0327. The number of amides is 2. The molecule has 2 rings (SSSR count). The molecule has 0 bridgehead atoms. The lowest BCUT2D eigenvalue weighted by Crippen LogP contribution is -2.48. The predicted octanol–water partition coefficient (Wildman–Crippen LogP) is 0.900. The molecule has 5 nitrogen and oxygen atoms in total. The molecule has 0 saturated carbocycles. The first-order chi connectivity index (χ1) is 10.6. The van der Waals surface area contributed by atoms with E-state index >= 15 is 0 Å². The van der Waals surface area contributed by atoms with Gasteiger partial charge in [0.1, 0.15) is 6.42 Å². The van der Waals surface area contributed by atoms with Crippen molar-refractivity contribution in [1.82, 2.24) is 15.1 Å². The Bertz CT molecular complexity index is 482. The van der Waals surface area contributed by atoms with Crippen molar-refractivity contribution >= 4 is 11.8 Å². The highest BCUT2D eigenvalue weighted by Crippen LogP contribution is 2.03. The van der Waals surface area contributed by atoms with Crippen molar-refractivity contribution in [3.05, 3.63) is 35.9 Å². The number of piperazine rings is 1. The monoisotopic (exact) mass is 303 g/mol. The van der Waals surface area contributed by atoms with Crippen molar-refractivity contribution in [2.24, 2.45) is 0 Å². The lowest BCUT2D eigenvalue weighted by Gasteiger charge is -2.32. The Kier molecular flexibility index (Phi) is 6.40. The minimum atomic E-state index is -0.169. The molecule has 2 amide bonds. The normalized spacial score (nSPS) is 15.6. The molecule has 5 heteroatoms. The smallest absolute Gasteiger partial charge is 0.232 e. The van der Waals surface area contributed by atoms with Crippen molar-refractivity contribution in [3.8, 4) is 0 Å². The molecule has 1 saturated heterocycles. The fourth-order valence-corrected chi connectivity index (χ4v) is 2.53. The molecule has 1 heterocycles. The second-order valence-corrected chi connectivity index (χ2v) is 5.80. The van der Waals surface area contributed by atoms with E-state index in [1.165, 1.54) is 5.56 Å². The lowest BCUT2D eigenvalue weighted by atomic mass is 10.1. The number of nitrogens with one attached hydrogen (secondary N) is 1. The van der Waals surface area contributed by atoms with Gasteiger partial charge >= 0.3 is 0 Å². The van der Waals surface area contributed by atoms with E-state index in [1.807, 2.05) is 25.2 Å². The predicted molar refractivity (Wildman–Crippen MR) is 86.5 cm³/mol. The summed E-state index contributed by atoms with van der Waals surface area (Å²) in [4.78, 5) is 27.8. The van der Waals surface area contributed by atoms with Gasteiger partial charge < -0.3 is 15.1 Å². The Morgan fingerprint density at radius 3 is 2.45 bits per heavy atom. The van der Waals surface area contributed by atoms with Crippen LogP contribution in [0.2, 0.25) is 0 Å². The summed E-state index contributed by atoms with van der Waals surface area (Å²) in [6, 6.07) is 10.2. The van der Waals surface area contributed by atoms with Gasteiger partial charge in [-0.15, -0.1) is 0 Å². The topological polar surface area (TPSA) is 52.7 Å². The molecule has 1 N–H and O–H groups in total. The summed E-state index contributed by atoms with van der Waals surface area (Å²) in [6.07, 6.45) is 1.79. The van der Waals surface area contributed by atoms with Gasteiger partial charge in [0.05, 0.1) is 0 Å². The van der Waals surface area contributed by atoms with E-state index in [4.69, 9.17) is 0 Å². The molecule has 1 aliphatic rings. The average molecular weight is 303 g/mol. The first kappa shape index (κ1) is 16.5. The fourth-order valence-electron chi connectivity index (χ4n) is 2.53.